The second-order valence-electron chi connectivity index (χ2n) is 5.36. The van der Waals surface area contributed by atoms with Crippen molar-refractivity contribution in [2.75, 3.05) is 10.6 Å². The van der Waals surface area contributed by atoms with Gasteiger partial charge in [-0.3, -0.25) is 9.10 Å². The molecule has 0 heterocycles. The first-order valence-corrected chi connectivity index (χ1v) is 10.1. The van der Waals surface area contributed by atoms with Gasteiger partial charge in [-0.25, -0.2) is 13.8 Å². The van der Waals surface area contributed by atoms with Gasteiger partial charge in [-0.1, -0.05) is 46.3 Å². The molecule has 0 saturated carbocycles. The van der Waals surface area contributed by atoms with Gasteiger partial charge in [0.2, 0.25) is 10.0 Å². The molecule has 0 aliphatic carbocycles. The zero-order valence-corrected chi connectivity index (χ0v) is 16.2. The second kappa shape index (κ2) is 8.26. The predicted molar refractivity (Wildman–Crippen MR) is 103 cm³/mol. The summed E-state index contributed by atoms with van der Waals surface area (Å²) in [6.07, 6.45) is 2.55. The topological polar surface area (TPSA) is 78.8 Å². The highest BCUT2D eigenvalue weighted by molar-refractivity contribution is 9.10. The smallest absolute Gasteiger partial charge is 0.263 e. The summed E-state index contributed by atoms with van der Waals surface area (Å²) in [7, 11) is -3.63. The van der Waals surface area contributed by atoms with Gasteiger partial charge in [-0.05, 0) is 36.8 Å². The van der Waals surface area contributed by atoms with Crippen molar-refractivity contribution in [2.45, 2.75) is 13.0 Å². The minimum absolute atomic E-state index is 0.420. The number of hydrogen-bond donors (Lipinski definition) is 1. The Morgan fingerprint density at radius 1 is 1.20 bits per heavy atom. The molecule has 2 aromatic carbocycles. The Hall–Kier alpha value is -2.19. The molecule has 6 nitrogen and oxygen atoms in total. The van der Waals surface area contributed by atoms with E-state index in [0.29, 0.717) is 5.69 Å². The van der Waals surface area contributed by atoms with Crippen molar-refractivity contribution >= 4 is 43.8 Å². The quantitative estimate of drug-likeness (QED) is 0.572. The average Bonchev–Trinajstić information content (AvgIpc) is 2.54. The Morgan fingerprint density at radius 3 is 2.48 bits per heavy atom. The monoisotopic (exact) mass is 423 g/mol. The van der Waals surface area contributed by atoms with Gasteiger partial charge in [-0.15, -0.1) is 0 Å². The first-order chi connectivity index (χ1) is 11.8. The summed E-state index contributed by atoms with van der Waals surface area (Å²) in [4.78, 5) is 12.3. The Kier molecular flexibility index (Phi) is 6.33. The number of halogens is 1. The predicted octanol–water partition coefficient (Wildman–Crippen LogP) is 2.75. The number of sulfonamides is 1. The standard InChI is InChI=1S/C17H18BrN3O3S/c1-13(21(25(2,23)24)16-9-4-3-5-10-16)17(22)20-19-12-14-7-6-8-15(18)11-14/h3-13H,1-2H3,(H,20,22)/b19-12-/t13-/m1/s1. The normalized spacial score (nSPS) is 12.8. The molecule has 0 aliphatic heterocycles. The Balaban J connectivity index is 2.14. The summed E-state index contributed by atoms with van der Waals surface area (Å²) in [5.41, 5.74) is 3.60. The van der Waals surface area contributed by atoms with Gasteiger partial charge >= 0.3 is 0 Å². The maximum atomic E-state index is 12.3. The molecule has 1 N–H and O–H groups in total. The van der Waals surface area contributed by atoms with Crippen LogP contribution in [0, 0.1) is 0 Å². The fourth-order valence-corrected chi connectivity index (χ4v) is 3.83. The second-order valence-corrected chi connectivity index (χ2v) is 8.13. The van der Waals surface area contributed by atoms with Gasteiger partial charge in [0.1, 0.15) is 6.04 Å². The SMILES string of the molecule is C[C@H](C(=O)N/N=C\c1cccc(Br)c1)N(c1ccccc1)S(C)(=O)=O. The minimum Gasteiger partial charge on any atom is -0.271 e. The van der Waals surface area contributed by atoms with Crippen LogP contribution in [-0.2, 0) is 14.8 Å². The molecule has 0 bridgehead atoms. The lowest BCUT2D eigenvalue weighted by atomic mass is 10.2. The molecule has 0 fully saturated rings. The third kappa shape index (κ3) is 5.40. The number of anilines is 1. The third-order valence-electron chi connectivity index (χ3n) is 3.34. The summed E-state index contributed by atoms with van der Waals surface area (Å²) in [5.74, 6) is -0.527. The van der Waals surface area contributed by atoms with E-state index in [-0.39, 0.29) is 0 Å². The van der Waals surface area contributed by atoms with Crippen molar-refractivity contribution in [2.24, 2.45) is 5.10 Å². The summed E-state index contributed by atoms with van der Waals surface area (Å²) < 4.78 is 26.2. The Bertz CT molecular complexity index is 870. The summed E-state index contributed by atoms with van der Waals surface area (Å²) in [6.45, 7) is 1.51. The van der Waals surface area contributed by atoms with Crippen LogP contribution in [0.5, 0.6) is 0 Å². The van der Waals surface area contributed by atoms with Crippen LogP contribution >= 0.6 is 15.9 Å². The highest BCUT2D eigenvalue weighted by Gasteiger charge is 2.28. The van der Waals surface area contributed by atoms with Gasteiger partial charge in [0.05, 0.1) is 18.2 Å². The number of amides is 1. The third-order valence-corrected chi connectivity index (χ3v) is 5.07. The zero-order chi connectivity index (χ0) is 18.4. The van der Waals surface area contributed by atoms with Crippen LogP contribution in [0.25, 0.3) is 0 Å². The molecule has 132 valence electrons. The van der Waals surface area contributed by atoms with Gasteiger partial charge in [0.25, 0.3) is 5.91 Å². The van der Waals surface area contributed by atoms with Gasteiger partial charge in [0, 0.05) is 4.47 Å². The van der Waals surface area contributed by atoms with Crippen molar-refractivity contribution in [3.8, 4) is 0 Å². The van der Waals surface area contributed by atoms with E-state index in [1.807, 2.05) is 24.3 Å². The van der Waals surface area contributed by atoms with Crippen molar-refractivity contribution in [3.63, 3.8) is 0 Å². The number of nitrogens with one attached hydrogen (secondary N) is 1. The highest BCUT2D eigenvalue weighted by Crippen LogP contribution is 2.20. The number of hydrazone groups is 1. The maximum Gasteiger partial charge on any atom is 0.263 e. The minimum atomic E-state index is -3.63. The van der Waals surface area contributed by atoms with E-state index in [9.17, 15) is 13.2 Å². The van der Waals surface area contributed by atoms with E-state index >= 15 is 0 Å². The molecule has 0 unspecified atom stereocenters. The molecule has 2 aromatic rings. The van der Waals surface area contributed by atoms with Crippen LogP contribution in [0.1, 0.15) is 12.5 Å². The van der Waals surface area contributed by atoms with Gasteiger partial charge in [-0.2, -0.15) is 5.10 Å². The van der Waals surface area contributed by atoms with Crippen molar-refractivity contribution in [1.82, 2.24) is 5.43 Å². The van der Waals surface area contributed by atoms with E-state index in [4.69, 9.17) is 0 Å². The van der Waals surface area contributed by atoms with Crippen molar-refractivity contribution < 1.29 is 13.2 Å². The first-order valence-electron chi connectivity index (χ1n) is 7.42. The zero-order valence-electron chi connectivity index (χ0n) is 13.8. The van der Waals surface area contributed by atoms with E-state index in [2.05, 4.69) is 26.5 Å². The van der Waals surface area contributed by atoms with Crippen molar-refractivity contribution in [1.29, 1.82) is 0 Å². The van der Waals surface area contributed by atoms with Crippen LogP contribution in [0.3, 0.4) is 0 Å². The number of rotatable bonds is 6. The van der Waals surface area contributed by atoms with E-state index < -0.39 is 22.0 Å². The van der Waals surface area contributed by atoms with E-state index in [0.717, 1.165) is 20.6 Å². The first kappa shape index (κ1) is 19.1. The average molecular weight is 424 g/mol. The Morgan fingerprint density at radius 2 is 1.88 bits per heavy atom. The largest absolute Gasteiger partial charge is 0.271 e. The summed E-state index contributed by atoms with van der Waals surface area (Å²) in [5, 5.41) is 3.89. The number of carbonyl (C=O) groups is 1. The highest BCUT2D eigenvalue weighted by atomic mass is 79.9. The van der Waals surface area contributed by atoms with Crippen LogP contribution in [0.15, 0.2) is 64.2 Å². The fraction of sp³-hybridized carbons (Fsp3) is 0.176. The molecule has 0 aliphatic rings. The Labute approximate surface area is 155 Å². The molecular weight excluding hydrogens is 406 g/mol. The van der Waals surface area contributed by atoms with Crippen LogP contribution < -0.4 is 9.73 Å². The number of nitrogens with zero attached hydrogens (tertiary/aromatic N) is 2. The van der Waals surface area contributed by atoms with Gasteiger partial charge < -0.3 is 0 Å². The molecule has 2 rings (SSSR count). The molecule has 0 radical (unpaired) electrons. The molecule has 0 saturated heterocycles. The lowest BCUT2D eigenvalue weighted by Gasteiger charge is -2.27. The maximum absolute atomic E-state index is 12.3. The fourth-order valence-electron chi connectivity index (χ4n) is 2.23. The summed E-state index contributed by atoms with van der Waals surface area (Å²) >= 11 is 3.35. The molecule has 0 aromatic heterocycles. The molecular formula is C17H18BrN3O3S. The number of hydrogen-bond acceptors (Lipinski definition) is 4. The lowest BCUT2D eigenvalue weighted by Crippen LogP contribution is -2.46. The lowest BCUT2D eigenvalue weighted by molar-refractivity contribution is -0.121. The number of carbonyl (C=O) groups excluding carboxylic acids is 1. The number of benzene rings is 2. The van der Waals surface area contributed by atoms with Crippen LogP contribution in [0.4, 0.5) is 5.69 Å². The van der Waals surface area contributed by atoms with E-state index in [1.165, 1.54) is 13.1 Å². The summed E-state index contributed by atoms with van der Waals surface area (Å²) in [6, 6.07) is 14.9. The van der Waals surface area contributed by atoms with Crippen LogP contribution in [0.2, 0.25) is 0 Å². The van der Waals surface area contributed by atoms with E-state index in [1.54, 1.807) is 30.3 Å². The molecule has 0 spiro atoms. The molecule has 25 heavy (non-hydrogen) atoms. The molecule has 1 amide bonds. The van der Waals surface area contributed by atoms with Crippen LogP contribution in [-0.4, -0.2) is 32.8 Å². The molecule has 8 heteroatoms. The van der Waals surface area contributed by atoms with Crippen molar-refractivity contribution in [3.05, 3.63) is 64.6 Å². The van der Waals surface area contributed by atoms with Gasteiger partial charge in [0.15, 0.2) is 0 Å². The number of para-hydroxylation sites is 1. The molecule has 1 atom stereocenters.